The smallest absolute Gasteiger partial charge is 0.339 e. The van der Waals surface area contributed by atoms with E-state index < -0.39 is 18.0 Å². The van der Waals surface area contributed by atoms with E-state index in [1.807, 2.05) is 18.2 Å². The van der Waals surface area contributed by atoms with Gasteiger partial charge in [-0.1, -0.05) is 86.4 Å². The van der Waals surface area contributed by atoms with E-state index in [9.17, 15) is 9.59 Å². The Balaban J connectivity index is 1.84. The molecule has 3 aromatic carbocycles. The number of carbonyl (C=O) groups excluding carboxylic acids is 2. The van der Waals surface area contributed by atoms with Gasteiger partial charge in [-0.25, -0.2) is 4.79 Å². The van der Waals surface area contributed by atoms with E-state index in [2.05, 4.69) is 26.1 Å². The summed E-state index contributed by atoms with van der Waals surface area (Å²) in [5.41, 5.74) is 2.39. The Morgan fingerprint density at radius 3 is 2.00 bits per heavy atom. The van der Waals surface area contributed by atoms with Gasteiger partial charge in [-0.2, -0.15) is 0 Å². The number of ether oxygens (including phenoxy) is 1. The second-order valence-electron chi connectivity index (χ2n) is 8.17. The van der Waals surface area contributed by atoms with Gasteiger partial charge in [-0.3, -0.25) is 4.79 Å². The number of rotatable bonds is 5. The zero-order chi connectivity index (χ0) is 22.6. The molecule has 160 valence electrons. The van der Waals surface area contributed by atoms with Crippen molar-refractivity contribution in [3.8, 4) is 0 Å². The molecule has 0 fully saturated rings. The Bertz CT molecular complexity index is 1050. The fourth-order valence-corrected chi connectivity index (χ4v) is 3.54. The molecule has 1 atom stereocenters. The highest BCUT2D eigenvalue weighted by atomic mass is 35.5. The van der Waals surface area contributed by atoms with Crippen LogP contribution in [0.3, 0.4) is 0 Å². The normalized spacial score (nSPS) is 12.2. The predicted octanol–water partition coefficient (Wildman–Crippen LogP) is 6.83. The fourth-order valence-electron chi connectivity index (χ4n) is 3.02. The third kappa shape index (κ3) is 6.09. The predicted molar refractivity (Wildman–Crippen MR) is 125 cm³/mol. The van der Waals surface area contributed by atoms with Crippen LogP contribution in [-0.4, -0.2) is 11.9 Å². The number of anilines is 1. The van der Waals surface area contributed by atoms with Gasteiger partial charge in [0.2, 0.25) is 6.10 Å². The van der Waals surface area contributed by atoms with Gasteiger partial charge < -0.3 is 10.1 Å². The van der Waals surface area contributed by atoms with E-state index >= 15 is 0 Å². The minimum Gasteiger partial charge on any atom is -0.444 e. The third-order valence-electron chi connectivity index (χ3n) is 4.68. The molecule has 0 aliphatic carbocycles. The minimum atomic E-state index is -1.14. The lowest BCUT2D eigenvalue weighted by Crippen LogP contribution is -2.26. The number of esters is 1. The summed E-state index contributed by atoms with van der Waals surface area (Å²) in [6.07, 6.45) is -1.14. The van der Waals surface area contributed by atoms with Crippen LogP contribution < -0.4 is 5.32 Å². The van der Waals surface area contributed by atoms with Crippen LogP contribution in [0, 0.1) is 0 Å². The van der Waals surface area contributed by atoms with Crippen LogP contribution in [0.15, 0.2) is 72.8 Å². The van der Waals surface area contributed by atoms with Crippen molar-refractivity contribution >= 4 is 40.8 Å². The van der Waals surface area contributed by atoms with Gasteiger partial charge in [0.25, 0.3) is 5.91 Å². The lowest BCUT2D eigenvalue weighted by Gasteiger charge is -2.20. The van der Waals surface area contributed by atoms with Crippen molar-refractivity contribution in [3.63, 3.8) is 0 Å². The number of amides is 1. The Morgan fingerprint density at radius 2 is 1.45 bits per heavy atom. The number of hydrogen-bond acceptors (Lipinski definition) is 3. The molecule has 0 heterocycles. The number of carbonyl (C=O) groups is 2. The molecule has 0 aliphatic heterocycles. The van der Waals surface area contributed by atoms with Crippen LogP contribution in [0.25, 0.3) is 0 Å². The molecule has 3 rings (SSSR count). The van der Waals surface area contributed by atoms with Crippen molar-refractivity contribution in [1.82, 2.24) is 0 Å². The summed E-state index contributed by atoms with van der Waals surface area (Å²) in [7, 11) is 0. The number of halogens is 2. The van der Waals surface area contributed by atoms with E-state index in [4.69, 9.17) is 27.9 Å². The summed E-state index contributed by atoms with van der Waals surface area (Å²) < 4.78 is 5.63. The van der Waals surface area contributed by atoms with Crippen LogP contribution in [0.1, 0.15) is 48.4 Å². The van der Waals surface area contributed by atoms with E-state index in [-0.39, 0.29) is 5.41 Å². The van der Waals surface area contributed by atoms with E-state index in [1.165, 1.54) is 0 Å². The highest BCUT2D eigenvalue weighted by Gasteiger charge is 2.26. The first kappa shape index (κ1) is 22.9. The minimum absolute atomic E-state index is 0.0346. The molecule has 4 nitrogen and oxygen atoms in total. The summed E-state index contributed by atoms with van der Waals surface area (Å²) in [6, 6.07) is 20.7. The highest BCUT2D eigenvalue weighted by molar-refractivity contribution is 6.35. The van der Waals surface area contributed by atoms with E-state index in [0.717, 1.165) is 5.56 Å². The fraction of sp³-hybridized carbons (Fsp3) is 0.200. The maximum Gasteiger partial charge on any atom is 0.339 e. The Kier molecular flexibility index (Phi) is 7.04. The molecule has 0 saturated heterocycles. The monoisotopic (exact) mass is 455 g/mol. The van der Waals surface area contributed by atoms with Gasteiger partial charge in [0.15, 0.2) is 0 Å². The summed E-state index contributed by atoms with van der Waals surface area (Å²) in [5, 5.41) is 3.49. The molecule has 6 heteroatoms. The molecule has 0 radical (unpaired) electrons. The second-order valence-corrected chi connectivity index (χ2v) is 9.04. The molecule has 1 unspecified atom stereocenters. The maximum atomic E-state index is 13.0. The Hall–Kier alpha value is -2.82. The van der Waals surface area contributed by atoms with Gasteiger partial charge in [0, 0.05) is 21.3 Å². The third-order valence-corrected chi connectivity index (χ3v) is 5.12. The summed E-state index contributed by atoms with van der Waals surface area (Å²) in [6.45, 7) is 6.29. The van der Waals surface area contributed by atoms with Gasteiger partial charge in [-0.15, -0.1) is 0 Å². The van der Waals surface area contributed by atoms with Crippen LogP contribution in [0.4, 0.5) is 5.69 Å². The van der Waals surface area contributed by atoms with Crippen LogP contribution in [0.2, 0.25) is 10.0 Å². The van der Waals surface area contributed by atoms with E-state index in [0.29, 0.717) is 26.9 Å². The quantitative estimate of drug-likeness (QED) is 0.428. The Morgan fingerprint density at radius 1 is 0.871 bits per heavy atom. The van der Waals surface area contributed by atoms with Crippen molar-refractivity contribution in [3.05, 3.63) is 99.5 Å². The second kappa shape index (κ2) is 9.54. The molecule has 3 aromatic rings. The molecule has 0 spiro atoms. The molecule has 31 heavy (non-hydrogen) atoms. The zero-order valence-electron chi connectivity index (χ0n) is 17.5. The molecule has 0 saturated carbocycles. The average Bonchev–Trinajstić information content (AvgIpc) is 2.71. The Labute approximate surface area is 192 Å². The first-order valence-corrected chi connectivity index (χ1v) is 10.5. The van der Waals surface area contributed by atoms with Gasteiger partial charge >= 0.3 is 5.97 Å². The largest absolute Gasteiger partial charge is 0.444 e. The van der Waals surface area contributed by atoms with Crippen molar-refractivity contribution in [2.24, 2.45) is 0 Å². The first-order chi connectivity index (χ1) is 14.6. The summed E-state index contributed by atoms with van der Waals surface area (Å²) in [4.78, 5) is 25.8. The molecule has 0 aromatic heterocycles. The summed E-state index contributed by atoms with van der Waals surface area (Å²) >= 11 is 12.0. The summed E-state index contributed by atoms with van der Waals surface area (Å²) in [5.74, 6) is -1.10. The van der Waals surface area contributed by atoms with Gasteiger partial charge in [0.05, 0.1) is 5.56 Å². The number of benzene rings is 3. The first-order valence-electron chi connectivity index (χ1n) is 9.77. The average molecular weight is 456 g/mol. The van der Waals surface area contributed by atoms with Crippen LogP contribution in [0.5, 0.6) is 0 Å². The molecule has 0 bridgehead atoms. The molecular weight excluding hydrogens is 433 g/mol. The molecule has 1 amide bonds. The lowest BCUT2D eigenvalue weighted by molar-refractivity contribution is -0.125. The maximum absolute atomic E-state index is 13.0. The number of hydrogen-bond donors (Lipinski definition) is 1. The molecule has 0 aliphatic rings. The van der Waals surface area contributed by atoms with Crippen molar-refractivity contribution in [1.29, 1.82) is 0 Å². The number of nitrogens with one attached hydrogen (secondary N) is 1. The van der Waals surface area contributed by atoms with E-state index in [1.54, 1.807) is 54.6 Å². The van der Waals surface area contributed by atoms with Crippen LogP contribution >= 0.6 is 23.2 Å². The lowest BCUT2D eigenvalue weighted by atomic mass is 9.87. The highest BCUT2D eigenvalue weighted by Crippen LogP contribution is 2.27. The molecule has 1 N–H and O–H groups in total. The van der Waals surface area contributed by atoms with Gasteiger partial charge in [-0.05, 0) is 41.3 Å². The molecular formula is C25H23Cl2NO3. The SMILES string of the molecule is CC(C)(C)c1ccc(C(=O)OC(C(=O)Nc2cc(Cl)cc(Cl)c2)c2ccccc2)cc1. The van der Waals surface area contributed by atoms with Crippen molar-refractivity contribution in [2.45, 2.75) is 32.3 Å². The van der Waals surface area contributed by atoms with Gasteiger partial charge in [0.1, 0.15) is 0 Å². The topological polar surface area (TPSA) is 55.4 Å². The van der Waals surface area contributed by atoms with Crippen molar-refractivity contribution < 1.29 is 14.3 Å². The van der Waals surface area contributed by atoms with Crippen molar-refractivity contribution in [2.75, 3.05) is 5.32 Å². The standard InChI is InChI=1S/C25H23Cl2NO3/c1-25(2,3)18-11-9-17(10-12-18)24(30)31-22(16-7-5-4-6-8-16)23(29)28-21-14-19(26)13-20(27)15-21/h4-15,22H,1-3H3,(H,28,29). The van der Waals surface area contributed by atoms with Crippen LogP contribution in [-0.2, 0) is 14.9 Å². The zero-order valence-corrected chi connectivity index (χ0v) is 19.0.